The summed E-state index contributed by atoms with van der Waals surface area (Å²) < 4.78 is 5.86. The van der Waals surface area contributed by atoms with Crippen LogP contribution >= 0.6 is 0 Å². The van der Waals surface area contributed by atoms with E-state index in [1.807, 2.05) is 36.4 Å². The van der Waals surface area contributed by atoms with Gasteiger partial charge in [0.05, 0.1) is 12.7 Å². The summed E-state index contributed by atoms with van der Waals surface area (Å²) in [7, 11) is 0. The highest BCUT2D eigenvalue weighted by Gasteiger charge is 2.08. The van der Waals surface area contributed by atoms with Crippen LogP contribution in [0, 0.1) is 0 Å². The van der Waals surface area contributed by atoms with Gasteiger partial charge in [0.25, 0.3) is 0 Å². The normalized spacial score (nSPS) is 12.3. The van der Waals surface area contributed by atoms with E-state index in [9.17, 15) is 0 Å². The fourth-order valence-electron chi connectivity index (χ4n) is 1.93. The molecule has 0 bridgehead atoms. The lowest BCUT2D eigenvalue weighted by Crippen LogP contribution is -2.17. The second-order valence-corrected chi connectivity index (χ2v) is 4.24. The first-order valence-corrected chi connectivity index (χ1v) is 6.30. The van der Waals surface area contributed by atoms with Crippen LogP contribution < -0.4 is 5.73 Å². The molecule has 2 heteroatoms. The van der Waals surface area contributed by atoms with Crippen LogP contribution in [0.2, 0.25) is 0 Å². The van der Waals surface area contributed by atoms with Gasteiger partial charge in [-0.05, 0) is 17.5 Å². The van der Waals surface area contributed by atoms with Crippen molar-refractivity contribution < 1.29 is 4.74 Å². The lowest BCUT2D eigenvalue weighted by molar-refractivity contribution is 0.0609. The zero-order valence-corrected chi connectivity index (χ0v) is 10.5. The topological polar surface area (TPSA) is 35.2 Å². The van der Waals surface area contributed by atoms with E-state index in [4.69, 9.17) is 10.5 Å². The summed E-state index contributed by atoms with van der Waals surface area (Å²) in [4.78, 5) is 0. The molecule has 0 radical (unpaired) electrons. The van der Waals surface area contributed by atoms with Crippen LogP contribution in [0.25, 0.3) is 0 Å². The van der Waals surface area contributed by atoms with E-state index in [2.05, 4.69) is 24.3 Å². The van der Waals surface area contributed by atoms with E-state index in [0.29, 0.717) is 13.2 Å². The Morgan fingerprint density at radius 2 is 1.50 bits per heavy atom. The molecule has 2 aromatic carbocycles. The number of benzene rings is 2. The van der Waals surface area contributed by atoms with Crippen LogP contribution in [0.3, 0.4) is 0 Å². The predicted octanol–water partition coefficient (Wildman–Crippen LogP) is 2.95. The van der Waals surface area contributed by atoms with Gasteiger partial charge >= 0.3 is 0 Å². The molecule has 2 N–H and O–H groups in total. The lowest BCUT2D eigenvalue weighted by atomic mass is 10.1. The van der Waals surface area contributed by atoms with Gasteiger partial charge in [-0.25, -0.2) is 0 Å². The van der Waals surface area contributed by atoms with Crippen molar-refractivity contribution >= 4 is 0 Å². The molecule has 2 aromatic rings. The summed E-state index contributed by atoms with van der Waals surface area (Å²) in [5.41, 5.74) is 8.20. The minimum absolute atomic E-state index is 0.00471. The summed E-state index contributed by atoms with van der Waals surface area (Å²) in [5, 5.41) is 0. The van der Waals surface area contributed by atoms with E-state index in [1.165, 1.54) is 5.56 Å². The average Bonchev–Trinajstić information content (AvgIpc) is 2.46. The maximum Gasteiger partial charge on any atom is 0.0947 e. The second kappa shape index (κ2) is 6.94. The summed E-state index contributed by atoms with van der Waals surface area (Å²) in [5.74, 6) is 0. The SMILES string of the molecule is NCC(OCCc1ccccc1)c1ccccc1. The van der Waals surface area contributed by atoms with Crippen molar-refractivity contribution in [2.24, 2.45) is 5.73 Å². The Bertz CT molecular complexity index is 441. The molecule has 0 aliphatic carbocycles. The van der Waals surface area contributed by atoms with Crippen molar-refractivity contribution in [3.8, 4) is 0 Å². The Morgan fingerprint density at radius 3 is 2.11 bits per heavy atom. The number of hydrogen-bond donors (Lipinski definition) is 1. The smallest absolute Gasteiger partial charge is 0.0947 e. The third-order valence-electron chi connectivity index (χ3n) is 2.94. The van der Waals surface area contributed by atoms with Gasteiger partial charge in [-0.3, -0.25) is 0 Å². The van der Waals surface area contributed by atoms with Crippen LogP contribution in [0.15, 0.2) is 60.7 Å². The molecular formula is C16H19NO. The van der Waals surface area contributed by atoms with Crippen LogP contribution in [-0.2, 0) is 11.2 Å². The summed E-state index contributed by atoms with van der Waals surface area (Å²) >= 11 is 0. The zero-order valence-electron chi connectivity index (χ0n) is 10.5. The average molecular weight is 241 g/mol. The van der Waals surface area contributed by atoms with Crippen molar-refractivity contribution in [3.63, 3.8) is 0 Å². The second-order valence-electron chi connectivity index (χ2n) is 4.24. The maximum absolute atomic E-state index is 5.86. The van der Waals surface area contributed by atoms with Gasteiger partial charge in [-0.2, -0.15) is 0 Å². The molecule has 0 amide bonds. The Morgan fingerprint density at radius 1 is 0.889 bits per heavy atom. The van der Waals surface area contributed by atoms with Gasteiger partial charge in [0.1, 0.15) is 0 Å². The van der Waals surface area contributed by atoms with E-state index in [-0.39, 0.29) is 6.10 Å². The summed E-state index contributed by atoms with van der Waals surface area (Å²) in [6.45, 7) is 1.21. The molecule has 1 unspecified atom stereocenters. The van der Waals surface area contributed by atoms with Gasteiger partial charge in [0.15, 0.2) is 0 Å². The molecule has 18 heavy (non-hydrogen) atoms. The number of ether oxygens (including phenoxy) is 1. The molecule has 0 aliphatic heterocycles. The fraction of sp³-hybridized carbons (Fsp3) is 0.250. The molecular weight excluding hydrogens is 222 g/mol. The summed E-state index contributed by atoms with van der Waals surface area (Å²) in [6.07, 6.45) is 0.916. The monoisotopic (exact) mass is 241 g/mol. The number of nitrogens with two attached hydrogens (primary N) is 1. The highest BCUT2D eigenvalue weighted by molar-refractivity contribution is 5.18. The highest BCUT2D eigenvalue weighted by atomic mass is 16.5. The lowest BCUT2D eigenvalue weighted by Gasteiger charge is -2.16. The van der Waals surface area contributed by atoms with Gasteiger partial charge in [0.2, 0.25) is 0 Å². The first-order chi connectivity index (χ1) is 8.90. The first-order valence-electron chi connectivity index (χ1n) is 6.30. The van der Waals surface area contributed by atoms with Crippen LogP contribution in [0.4, 0.5) is 0 Å². The third kappa shape index (κ3) is 3.69. The van der Waals surface area contributed by atoms with Gasteiger partial charge < -0.3 is 10.5 Å². The van der Waals surface area contributed by atoms with Gasteiger partial charge in [-0.15, -0.1) is 0 Å². The van der Waals surface area contributed by atoms with Crippen molar-refractivity contribution in [1.82, 2.24) is 0 Å². The van der Waals surface area contributed by atoms with Crippen molar-refractivity contribution in [1.29, 1.82) is 0 Å². The number of hydrogen-bond acceptors (Lipinski definition) is 2. The van der Waals surface area contributed by atoms with E-state index in [1.54, 1.807) is 0 Å². The quantitative estimate of drug-likeness (QED) is 0.844. The maximum atomic E-state index is 5.86. The van der Waals surface area contributed by atoms with Crippen molar-refractivity contribution in [2.75, 3.05) is 13.2 Å². The van der Waals surface area contributed by atoms with Gasteiger partial charge in [-0.1, -0.05) is 60.7 Å². The molecule has 2 rings (SSSR count). The Balaban J connectivity index is 1.85. The minimum Gasteiger partial charge on any atom is -0.372 e. The van der Waals surface area contributed by atoms with Crippen molar-refractivity contribution in [3.05, 3.63) is 71.8 Å². The van der Waals surface area contributed by atoms with E-state index in [0.717, 1.165) is 12.0 Å². The molecule has 0 heterocycles. The number of rotatable bonds is 6. The Hall–Kier alpha value is -1.64. The minimum atomic E-state index is -0.00471. The predicted molar refractivity (Wildman–Crippen MR) is 74.3 cm³/mol. The fourth-order valence-corrected chi connectivity index (χ4v) is 1.93. The molecule has 0 aliphatic rings. The molecule has 0 saturated heterocycles. The molecule has 0 spiro atoms. The van der Waals surface area contributed by atoms with Gasteiger partial charge in [0, 0.05) is 6.54 Å². The zero-order chi connectivity index (χ0) is 12.6. The highest BCUT2D eigenvalue weighted by Crippen LogP contribution is 2.15. The molecule has 1 atom stereocenters. The van der Waals surface area contributed by atoms with Crippen LogP contribution in [-0.4, -0.2) is 13.2 Å². The Labute approximate surface area is 108 Å². The first kappa shape index (κ1) is 12.8. The third-order valence-corrected chi connectivity index (χ3v) is 2.94. The molecule has 94 valence electrons. The molecule has 0 saturated carbocycles. The largest absolute Gasteiger partial charge is 0.372 e. The van der Waals surface area contributed by atoms with Crippen LogP contribution in [0.5, 0.6) is 0 Å². The van der Waals surface area contributed by atoms with E-state index >= 15 is 0 Å². The van der Waals surface area contributed by atoms with Crippen LogP contribution in [0.1, 0.15) is 17.2 Å². The Kier molecular flexibility index (Phi) is 4.94. The molecule has 2 nitrogen and oxygen atoms in total. The standard InChI is InChI=1S/C16H19NO/c17-13-16(15-9-5-2-6-10-15)18-12-11-14-7-3-1-4-8-14/h1-10,16H,11-13,17H2. The van der Waals surface area contributed by atoms with Crippen molar-refractivity contribution in [2.45, 2.75) is 12.5 Å². The molecule has 0 fully saturated rings. The van der Waals surface area contributed by atoms with E-state index < -0.39 is 0 Å². The summed E-state index contributed by atoms with van der Waals surface area (Å²) in [6, 6.07) is 20.5. The molecule has 0 aromatic heterocycles.